The van der Waals surface area contributed by atoms with Crippen molar-refractivity contribution in [2.75, 3.05) is 11.1 Å². The zero-order chi connectivity index (χ0) is 13.7. The SMILES string of the molecule is Cc1cc(C)nc(SCC(=O)Nc2ccccn2)n1. The standard InChI is InChI=1S/C13H14N4OS/c1-9-7-10(2)16-13(15-9)19-8-12(18)17-11-5-3-4-6-14-11/h3-7H,8H2,1-2H3,(H,14,17,18). The van der Waals surface area contributed by atoms with Crippen LogP contribution >= 0.6 is 11.8 Å². The predicted octanol–water partition coefficient (Wildman–Crippen LogP) is 2.22. The molecule has 19 heavy (non-hydrogen) atoms. The minimum absolute atomic E-state index is 0.119. The summed E-state index contributed by atoms with van der Waals surface area (Å²) >= 11 is 1.31. The Morgan fingerprint density at radius 2 is 2.00 bits per heavy atom. The van der Waals surface area contributed by atoms with Crippen LogP contribution in [0.2, 0.25) is 0 Å². The number of hydrogen-bond acceptors (Lipinski definition) is 5. The van der Waals surface area contributed by atoms with Crippen LogP contribution in [0.5, 0.6) is 0 Å². The number of aromatic nitrogens is 3. The molecule has 0 atom stereocenters. The lowest BCUT2D eigenvalue weighted by Crippen LogP contribution is -2.15. The van der Waals surface area contributed by atoms with Crippen molar-refractivity contribution in [1.29, 1.82) is 0 Å². The average Bonchev–Trinajstić information content (AvgIpc) is 2.36. The molecular weight excluding hydrogens is 260 g/mol. The third-order valence-corrected chi connectivity index (χ3v) is 3.07. The van der Waals surface area contributed by atoms with E-state index >= 15 is 0 Å². The number of amides is 1. The van der Waals surface area contributed by atoms with Gasteiger partial charge < -0.3 is 5.32 Å². The number of pyridine rings is 1. The maximum Gasteiger partial charge on any atom is 0.236 e. The number of anilines is 1. The van der Waals surface area contributed by atoms with Crippen LogP contribution in [0.1, 0.15) is 11.4 Å². The van der Waals surface area contributed by atoms with Gasteiger partial charge in [-0.3, -0.25) is 4.79 Å². The van der Waals surface area contributed by atoms with E-state index in [1.54, 1.807) is 18.3 Å². The minimum atomic E-state index is -0.119. The second kappa shape index (κ2) is 6.29. The van der Waals surface area contributed by atoms with Crippen LogP contribution in [0, 0.1) is 13.8 Å². The van der Waals surface area contributed by atoms with Crippen LogP contribution in [0.4, 0.5) is 5.82 Å². The third kappa shape index (κ3) is 4.33. The topological polar surface area (TPSA) is 67.8 Å². The van der Waals surface area contributed by atoms with Gasteiger partial charge in [-0.05, 0) is 32.0 Å². The second-order valence-corrected chi connectivity index (χ2v) is 4.93. The Morgan fingerprint density at radius 1 is 1.26 bits per heavy atom. The van der Waals surface area contributed by atoms with Crippen LogP contribution in [-0.2, 0) is 4.79 Å². The first-order valence-electron chi connectivity index (χ1n) is 5.79. The molecule has 0 unspecified atom stereocenters. The first-order valence-corrected chi connectivity index (χ1v) is 6.78. The van der Waals surface area contributed by atoms with E-state index in [0.29, 0.717) is 11.0 Å². The Kier molecular flexibility index (Phi) is 4.46. The largest absolute Gasteiger partial charge is 0.310 e. The van der Waals surface area contributed by atoms with E-state index in [9.17, 15) is 4.79 Å². The van der Waals surface area contributed by atoms with Crippen LogP contribution in [0.15, 0.2) is 35.6 Å². The fourth-order valence-corrected chi connectivity index (χ4v) is 2.25. The molecule has 0 fully saturated rings. The van der Waals surface area contributed by atoms with Gasteiger partial charge in [0, 0.05) is 17.6 Å². The van der Waals surface area contributed by atoms with E-state index in [-0.39, 0.29) is 11.7 Å². The Hall–Kier alpha value is -1.95. The summed E-state index contributed by atoms with van der Waals surface area (Å²) in [6.45, 7) is 3.82. The van der Waals surface area contributed by atoms with Crippen molar-refractivity contribution in [1.82, 2.24) is 15.0 Å². The van der Waals surface area contributed by atoms with E-state index in [0.717, 1.165) is 11.4 Å². The lowest BCUT2D eigenvalue weighted by atomic mass is 10.4. The van der Waals surface area contributed by atoms with Crippen molar-refractivity contribution < 1.29 is 4.79 Å². The van der Waals surface area contributed by atoms with Gasteiger partial charge in [-0.1, -0.05) is 17.8 Å². The maximum atomic E-state index is 11.7. The maximum absolute atomic E-state index is 11.7. The molecule has 0 spiro atoms. The van der Waals surface area contributed by atoms with E-state index < -0.39 is 0 Å². The van der Waals surface area contributed by atoms with E-state index in [4.69, 9.17) is 0 Å². The number of thioether (sulfide) groups is 1. The summed E-state index contributed by atoms with van der Waals surface area (Å²) in [6, 6.07) is 7.27. The molecule has 0 bridgehead atoms. The molecule has 0 radical (unpaired) electrons. The molecule has 2 aromatic heterocycles. The number of carbonyl (C=O) groups excluding carboxylic acids is 1. The summed E-state index contributed by atoms with van der Waals surface area (Å²) in [5.74, 6) is 0.695. The highest BCUT2D eigenvalue weighted by Gasteiger charge is 2.06. The zero-order valence-electron chi connectivity index (χ0n) is 10.8. The molecule has 2 aromatic rings. The second-order valence-electron chi connectivity index (χ2n) is 3.99. The molecule has 0 saturated heterocycles. The summed E-state index contributed by atoms with van der Waals surface area (Å²) in [5, 5.41) is 3.33. The fraction of sp³-hybridized carbons (Fsp3) is 0.231. The molecule has 1 N–H and O–H groups in total. The van der Waals surface area contributed by atoms with Gasteiger partial charge in [-0.2, -0.15) is 0 Å². The minimum Gasteiger partial charge on any atom is -0.310 e. The number of nitrogens with one attached hydrogen (secondary N) is 1. The monoisotopic (exact) mass is 274 g/mol. The molecule has 0 aliphatic heterocycles. The lowest BCUT2D eigenvalue weighted by molar-refractivity contribution is -0.113. The van der Waals surface area contributed by atoms with Crippen molar-refractivity contribution in [2.24, 2.45) is 0 Å². The lowest BCUT2D eigenvalue weighted by Gasteiger charge is -2.04. The van der Waals surface area contributed by atoms with Gasteiger partial charge in [0.15, 0.2) is 5.16 Å². The number of carbonyl (C=O) groups is 1. The van der Waals surface area contributed by atoms with Crippen LogP contribution in [-0.4, -0.2) is 26.6 Å². The normalized spacial score (nSPS) is 10.2. The molecule has 0 aliphatic carbocycles. The molecule has 2 heterocycles. The highest BCUT2D eigenvalue weighted by atomic mass is 32.2. The Balaban J connectivity index is 1.90. The summed E-state index contributed by atoms with van der Waals surface area (Å²) in [6.07, 6.45) is 1.63. The summed E-state index contributed by atoms with van der Waals surface area (Å²) in [4.78, 5) is 24.3. The first kappa shape index (κ1) is 13.5. The van der Waals surface area contributed by atoms with Crippen LogP contribution in [0.3, 0.4) is 0 Å². The molecule has 5 nitrogen and oxygen atoms in total. The van der Waals surface area contributed by atoms with Crippen molar-refractivity contribution in [3.05, 3.63) is 41.9 Å². The van der Waals surface area contributed by atoms with E-state index in [1.165, 1.54) is 11.8 Å². The summed E-state index contributed by atoms with van der Waals surface area (Å²) in [7, 11) is 0. The van der Waals surface area contributed by atoms with Crippen molar-refractivity contribution in [3.63, 3.8) is 0 Å². The zero-order valence-corrected chi connectivity index (χ0v) is 11.6. The quantitative estimate of drug-likeness (QED) is 0.684. The van der Waals surface area contributed by atoms with E-state index in [2.05, 4.69) is 20.3 Å². The van der Waals surface area contributed by atoms with Gasteiger partial charge in [0.1, 0.15) is 5.82 Å². The number of hydrogen-bond donors (Lipinski definition) is 1. The van der Waals surface area contributed by atoms with Crippen LogP contribution in [0.25, 0.3) is 0 Å². The van der Waals surface area contributed by atoms with Gasteiger partial charge in [-0.15, -0.1) is 0 Å². The molecule has 98 valence electrons. The van der Waals surface area contributed by atoms with Gasteiger partial charge >= 0.3 is 0 Å². The third-order valence-electron chi connectivity index (χ3n) is 2.23. The molecule has 6 heteroatoms. The number of rotatable bonds is 4. The average molecular weight is 274 g/mol. The highest BCUT2D eigenvalue weighted by Crippen LogP contribution is 2.14. The van der Waals surface area contributed by atoms with Gasteiger partial charge in [-0.25, -0.2) is 15.0 Å². The molecule has 1 amide bonds. The first-order chi connectivity index (χ1) is 9.13. The van der Waals surface area contributed by atoms with Crippen molar-refractivity contribution in [2.45, 2.75) is 19.0 Å². The molecule has 0 aromatic carbocycles. The Labute approximate surface area is 115 Å². The van der Waals surface area contributed by atoms with Gasteiger partial charge in [0.2, 0.25) is 5.91 Å². The number of aryl methyl sites for hydroxylation is 2. The molecule has 2 rings (SSSR count). The smallest absolute Gasteiger partial charge is 0.236 e. The molecule has 0 aliphatic rings. The number of nitrogens with zero attached hydrogens (tertiary/aromatic N) is 3. The summed E-state index contributed by atoms with van der Waals surface area (Å²) < 4.78 is 0. The highest BCUT2D eigenvalue weighted by molar-refractivity contribution is 7.99. The molecule has 0 saturated carbocycles. The van der Waals surface area contributed by atoms with Gasteiger partial charge in [0.05, 0.1) is 5.75 Å². The van der Waals surface area contributed by atoms with Crippen molar-refractivity contribution >= 4 is 23.5 Å². The van der Waals surface area contributed by atoms with E-state index in [1.807, 2.05) is 26.0 Å². The molecular formula is C13H14N4OS. The Bertz CT molecular complexity index is 554. The predicted molar refractivity (Wildman–Crippen MR) is 75.1 cm³/mol. The Morgan fingerprint density at radius 3 is 2.63 bits per heavy atom. The summed E-state index contributed by atoms with van der Waals surface area (Å²) in [5.41, 5.74) is 1.81. The van der Waals surface area contributed by atoms with Crippen LogP contribution < -0.4 is 5.32 Å². The van der Waals surface area contributed by atoms with Crippen molar-refractivity contribution in [3.8, 4) is 0 Å². The van der Waals surface area contributed by atoms with Gasteiger partial charge in [0.25, 0.3) is 0 Å². The fourth-order valence-electron chi connectivity index (χ4n) is 1.50.